The van der Waals surface area contributed by atoms with Gasteiger partial charge < -0.3 is 9.84 Å². The molecule has 0 spiro atoms. The van der Waals surface area contributed by atoms with E-state index < -0.39 is 21.9 Å². The highest BCUT2D eigenvalue weighted by Gasteiger charge is 2.34. The van der Waals surface area contributed by atoms with E-state index in [2.05, 4.69) is 15.0 Å². The predicted molar refractivity (Wildman–Crippen MR) is 102 cm³/mol. The molecule has 148 valence electrons. The van der Waals surface area contributed by atoms with Crippen molar-refractivity contribution in [3.05, 3.63) is 46.6 Å². The van der Waals surface area contributed by atoms with Crippen molar-refractivity contribution in [1.82, 2.24) is 9.71 Å². The average Bonchev–Trinajstić information content (AvgIpc) is 3.04. The summed E-state index contributed by atoms with van der Waals surface area (Å²) in [7, 11) is -3.96. The fraction of sp³-hybridized carbons (Fsp3) is 0.235. The molecule has 0 fully saturated rings. The van der Waals surface area contributed by atoms with Crippen molar-refractivity contribution < 1.29 is 27.9 Å². The zero-order valence-corrected chi connectivity index (χ0v) is 16.4. The Morgan fingerprint density at radius 2 is 2.07 bits per heavy atom. The molecule has 2 aromatic rings. The molecular formula is C17H17N3O6S2. The number of aliphatic carboxylic acids is 1. The molecule has 0 atom stereocenters. The van der Waals surface area contributed by atoms with Crippen LogP contribution in [0.3, 0.4) is 0 Å². The van der Waals surface area contributed by atoms with Crippen LogP contribution in [-0.4, -0.2) is 37.0 Å². The minimum atomic E-state index is -3.96. The predicted octanol–water partition coefficient (Wildman–Crippen LogP) is 1.93. The maximum atomic E-state index is 12.7. The van der Waals surface area contributed by atoms with Gasteiger partial charge in [0.1, 0.15) is 0 Å². The Morgan fingerprint density at radius 3 is 2.75 bits per heavy atom. The number of amides is 1. The summed E-state index contributed by atoms with van der Waals surface area (Å²) in [5.74, 6) is -1.65. The molecule has 0 aliphatic carbocycles. The third-order valence-electron chi connectivity index (χ3n) is 3.73. The zero-order chi connectivity index (χ0) is 20.3. The number of sulfonamides is 1. The molecule has 1 aliphatic rings. The lowest BCUT2D eigenvalue weighted by molar-refractivity contribution is -0.137. The van der Waals surface area contributed by atoms with Gasteiger partial charge in [-0.15, -0.1) is 11.3 Å². The number of aryl methyl sites for hydroxylation is 1. The molecule has 0 saturated carbocycles. The standard InChI is InChI=1S/C17H17N3O6S2/c1-10-9-18-17(27-10)19-16(23)14-15(26-8-4-7-13(21)22)11-5-2-3-6-12(11)28(24,25)20-14/h2-3,5-6,9,20H,4,7-8H2,1H3,(H,21,22)(H,18,19,23). The first-order chi connectivity index (χ1) is 13.3. The number of carboxylic acids is 1. The van der Waals surface area contributed by atoms with Crippen molar-refractivity contribution in [2.75, 3.05) is 11.9 Å². The Kier molecular flexibility index (Phi) is 5.66. The van der Waals surface area contributed by atoms with Gasteiger partial charge in [0.05, 0.1) is 11.5 Å². The topological polar surface area (TPSA) is 135 Å². The zero-order valence-electron chi connectivity index (χ0n) is 14.8. The number of anilines is 1. The Hall–Kier alpha value is -2.92. The maximum absolute atomic E-state index is 12.7. The number of thiazole rings is 1. The number of rotatable bonds is 7. The lowest BCUT2D eigenvalue weighted by atomic mass is 10.1. The van der Waals surface area contributed by atoms with Crippen LogP contribution < -0.4 is 10.0 Å². The van der Waals surface area contributed by atoms with E-state index in [9.17, 15) is 18.0 Å². The third-order valence-corrected chi connectivity index (χ3v) is 5.97. The second-order valence-electron chi connectivity index (χ2n) is 5.88. The summed E-state index contributed by atoms with van der Waals surface area (Å²) >= 11 is 1.24. The number of carbonyl (C=O) groups is 2. The van der Waals surface area contributed by atoms with E-state index in [-0.39, 0.29) is 41.4 Å². The van der Waals surface area contributed by atoms with Crippen LogP contribution in [0.1, 0.15) is 23.3 Å². The van der Waals surface area contributed by atoms with Gasteiger partial charge in [0, 0.05) is 23.1 Å². The highest BCUT2D eigenvalue weighted by molar-refractivity contribution is 7.89. The molecule has 0 radical (unpaired) electrons. The summed E-state index contributed by atoms with van der Waals surface area (Å²) in [6.07, 6.45) is 1.67. The summed E-state index contributed by atoms with van der Waals surface area (Å²) in [5.41, 5.74) is -0.0427. The summed E-state index contributed by atoms with van der Waals surface area (Å²) in [4.78, 5) is 28.3. The van der Waals surface area contributed by atoms with Crippen LogP contribution >= 0.6 is 11.3 Å². The first-order valence-corrected chi connectivity index (χ1v) is 10.5. The van der Waals surface area contributed by atoms with Gasteiger partial charge >= 0.3 is 5.97 Å². The van der Waals surface area contributed by atoms with Gasteiger partial charge in [0.15, 0.2) is 16.6 Å². The van der Waals surface area contributed by atoms with E-state index >= 15 is 0 Å². The van der Waals surface area contributed by atoms with Crippen LogP contribution in [0.2, 0.25) is 0 Å². The lowest BCUT2D eigenvalue weighted by Gasteiger charge is -2.24. The number of fused-ring (bicyclic) bond motifs is 1. The summed E-state index contributed by atoms with van der Waals surface area (Å²) < 4.78 is 33.0. The molecule has 1 aromatic carbocycles. The van der Waals surface area contributed by atoms with Crippen LogP contribution in [0, 0.1) is 6.92 Å². The molecule has 0 bridgehead atoms. The molecule has 11 heteroatoms. The maximum Gasteiger partial charge on any atom is 0.303 e. The summed E-state index contributed by atoms with van der Waals surface area (Å²) in [6, 6.07) is 6.11. The van der Waals surface area contributed by atoms with Crippen molar-refractivity contribution in [2.24, 2.45) is 0 Å². The second-order valence-corrected chi connectivity index (χ2v) is 8.77. The summed E-state index contributed by atoms with van der Waals surface area (Å²) in [5, 5.41) is 11.6. The fourth-order valence-corrected chi connectivity index (χ4v) is 4.46. The van der Waals surface area contributed by atoms with Gasteiger partial charge in [-0.2, -0.15) is 0 Å². The van der Waals surface area contributed by atoms with Gasteiger partial charge in [-0.1, -0.05) is 12.1 Å². The number of hydrogen-bond donors (Lipinski definition) is 3. The number of carboxylic acid groups (broad SMARTS) is 1. The molecule has 0 saturated heterocycles. The minimum absolute atomic E-state index is 0.00480. The Bertz CT molecular complexity index is 1060. The van der Waals surface area contributed by atoms with E-state index in [0.717, 1.165) is 4.88 Å². The first-order valence-electron chi connectivity index (χ1n) is 8.23. The van der Waals surface area contributed by atoms with Crippen molar-refractivity contribution in [2.45, 2.75) is 24.7 Å². The molecule has 2 heterocycles. The highest BCUT2D eigenvalue weighted by Crippen LogP contribution is 2.32. The van der Waals surface area contributed by atoms with Gasteiger partial charge in [0.2, 0.25) is 0 Å². The van der Waals surface area contributed by atoms with Gasteiger partial charge in [0.25, 0.3) is 15.9 Å². The number of nitrogens with one attached hydrogen (secondary N) is 2. The lowest BCUT2D eigenvalue weighted by Crippen LogP contribution is -2.36. The molecular weight excluding hydrogens is 406 g/mol. The largest absolute Gasteiger partial charge is 0.490 e. The molecule has 3 rings (SSSR count). The monoisotopic (exact) mass is 423 g/mol. The van der Waals surface area contributed by atoms with Crippen molar-refractivity contribution in [3.8, 4) is 0 Å². The highest BCUT2D eigenvalue weighted by atomic mass is 32.2. The van der Waals surface area contributed by atoms with E-state index in [1.807, 2.05) is 6.92 Å². The number of carbonyl (C=O) groups excluding carboxylic acids is 1. The Labute approximate surface area is 165 Å². The normalized spacial score (nSPS) is 14.8. The van der Waals surface area contributed by atoms with Crippen LogP contribution in [0.25, 0.3) is 5.76 Å². The molecule has 9 nitrogen and oxygen atoms in total. The fourth-order valence-electron chi connectivity index (χ4n) is 2.53. The molecule has 0 unspecified atom stereocenters. The van der Waals surface area contributed by atoms with Crippen LogP contribution in [0.15, 0.2) is 41.1 Å². The smallest absolute Gasteiger partial charge is 0.303 e. The van der Waals surface area contributed by atoms with E-state index in [4.69, 9.17) is 9.84 Å². The van der Waals surface area contributed by atoms with Crippen LogP contribution in [0.5, 0.6) is 0 Å². The second kappa shape index (κ2) is 7.98. The summed E-state index contributed by atoms with van der Waals surface area (Å²) in [6.45, 7) is 1.83. The molecule has 1 aromatic heterocycles. The van der Waals surface area contributed by atoms with Crippen molar-refractivity contribution in [3.63, 3.8) is 0 Å². The number of aromatic nitrogens is 1. The minimum Gasteiger partial charge on any atom is -0.490 e. The molecule has 1 aliphatic heterocycles. The van der Waals surface area contributed by atoms with Crippen molar-refractivity contribution >= 4 is 44.1 Å². The van der Waals surface area contributed by atoms with E-state index in [1.54, 1.807) is 18.3 Å². The SMILES string of the molecule is Cc1cnc(NC(=O)C2=C(OCCCC(=O)O)c3ccccc3S(=O)(=O)N2)s1. The first kappa shape index (κ1) is 19.8. The third kappa shape index (κ3) is 4.31. The van der Waals surface area contributed by atoms with E-state index in [0.29, 0.717) is 5.13 Å². The Balaban J connectivity index is 1.96. The molecule has 1 amide bonds. The van der Waals surface area contributed by atoms with Crippen LogP contribution in [0.4, 0.5) is 5.13 Å². The number of benzene rings is 1. The Morgan fingerprint density at radius 1 is 1.32 bits per heavy atom. The molecule has 3 N–H and O–H groups in total. The number of nitrogens with zero attached hydrogens (tertiary/aromatic N) is 1. The van der Waals surface area contributed by atoms with Crippen LogP contribution in [-0.2, 0) is 24.3 Å². The van der Waals surface area contributed by atoms with Gasteiger partial charge in [-0.05, 0) is 25.5 Å². The number of ether oxygens (including phenoxy) is 1. The van der Waals surface area contributed by atoms with Gasteiger partial charge in [-0.25, -0.2) is 13.4 Å². The molecule has 28 heavy (non-hydrogen) atoms. The average molecular weight is 423 g/mol. The van der Waals surface area contributed by atoms with E-state index in [1.165, 1.54) is 23.5 Å². The van der Waals surface area contributed by atoms with Gasteiger partial charge in [-0.3, -0.25) is 19.6 Å². The quantitative estimate of drug-likeness (QED) is 0.579. The number of hydrogen-bond acceptors (Lipinski definition) is 7. The van der Waals surface area contributed by atoms with Crippen molar-refractivity contribution in [1.29, 1.82) is 0 Å².